The van der Waals surface area contributed by atoms with E-state index in [0.717, 1.165) is 5.76 Å². The van der Waals surface area contributed by atoms with E-state index in [1.54, 1.807) is 25.1 Å². The molecule has 2 aromatic heterocycles. The van der Waals surface area contributed by atoms with Gasteiger partial charge in [-0.15, -0.1) is 10.2 Å². The first kappa shape index (κ1) is 15.7. The molecule has 0 saturated carbocycles. The van der Waals surface area contributed by atoms with Crippen LogP contribution in [-0.2, 0) is 11.3 Å². The topological polar surface area (TPSA) is 95.4 Å². The van der Waals surface area contributed by atoms with Gasteiger partial charge in [0.1, 0.15) is 17.8 Å². The van der Waals surface area contributed by atoms with Gasteiger partial charge in [0.05, 0.1) is 11.1 Å². The van der Waals surface area contributed by atoms with Gasteiger partial charge in [-0.3, -0.25) is 4.79 Å². The lowest BCUT2D eigenvalue weighted by atomic mass is 10.1. The molecule has 0 saturated heterocycles. The fraction of sp³-hybridized carbons (Fsp3) is 0.176. The first-order valence-electron chi connectivity index (χ1n) is 7.19. The van der Waals surface area contributed by atoms with Crippen molar-refractivity contribution < 1.29 is 23.2 Å². The van der Waals surface area contributed by atoms with Crippen LogP contribution in [0.3, 0.4) is 0 Å². The Labute approximate surface area is 137 Å². The van der Waals surface area contributed by atoms with Gasteiger partial charge in [0.25, 0.3) is 11.8 Å². The molecule has 0 N–H and O–H groups in total. The molecule has 3 aromatic rings. The lowest BCUT2D eigenvalue weighted by Crippen LogP contribution is -2.05. The van der Waals surface area contributed by atoms with Gasteiger partial charge in [-0.25, -0.2) is 4.79 Å². The summed E-state index contributed by atoms with van der Waals surface area (Å²) in [5.74, 6) is 1.37. The molecule has 0 spiro atoms. The number of hydrogen-bond acceptors (Lipinski definition) is 7. The number of esters is 1. The van der Waals surface area contributed by atoms with Crippen LogP contribution in [-0.4, -0.2) is 22.5 Å². The number of rotatable bonds is 5. The average molecular weight is 326 g/mol. The zero-order valence-electron chi connectivity index (χ0n) is 13.1. The van der Waals surface area contributed by atoms with Crippen molar-refractivity contribution in [1.29, 1.82) is 0 Å². The maximum Gasteiger partial charge on any atom is 0.338 e. The molecule has 3 rings (SSSR count). The maximum atomic E-state index is 11.9. The van der Waals surface area contributed by atoms with Crippen molar-refractivity contribution in [3.8, 4) is 11.5 Å². The highest BCUT2D eigenvalue weighted by Crippen LogP contribution is 2.25. The average Bonchev–Trinajstić information content (AvgIpc) is 3.18. The van der Waals surface area contributed by atoms with Crippen molar-refractivity contribution in [1.82, 2.24) is 10.2 Å². The Kier molecular flexibility index (Phi) is 4.24. The minimum absolute atomic E-state index is 0.142. The van der Waals surface area contributed by atoms with Crippen LogP contribution in [0, 0.1) is 13.8 Å². The Hall–Kier alpha value is -3.22. The molecule has 0 bridgehead atoms. The van der Waals surface area contributed by atoms with E-state index in [0.29, 0.717) is 34.6 Å². The number of carbonyl (C=O) groups is 2. The van der Waals surface area contributed by atoms with Crippen LogP contribution in [0.2, 0.25) is 0 Å². The normalized spacial score (nSPS) is 10.6. The first-order chi connectivity index (χ1) is 11.6. The number of carbonyl (C=O) groups excluding carboxylic acids is 2. The number of aromatic nitrogens is 2. The summed E-state index contributed by atoms with van der Waals surface area (Å²) in [7, 11) is 0. The Morgan fingerprint density at radius 3 is 2.54 bits per heavy atom. The molecule has 7 nitrogen and oxygen atoms in total. The summed E-state index contributed by atoms with van der Waals surface area (Å²) >= 11 is 0. The number of hydrogen-bond donors (Lipinski definition) is 0. The highest BCUT2D eigenvalue weighted by Gasteiger charge is 2.16. The number of aryl methyl sites for hydroxylation is 2. The second-order valence-electron chi connectivity index (χ2n) is 5.14. The lowest BCUT2D eigenvalue weighted by Gasteiger charge is -2.02. The second kappa shape index (κ2) is 6.49. The lowest BCUT2D eigenvalue weighted by molar-refractivity contribution is 0.0438. The third-order valence-corrected chi connectivity index (χ3v) is 3.35. The highest BCUT2D eigenvalue weighted by atomic mass is 16.5. The second-order valence-corrected chi connectivity index (χ2v) is 5.14. The molecule has 0 amide bonds. The first-order valence-corrected chi connectivity index (χ1v) is 7.19. The van der Waals surface area contributed by atoms with E-state index in [1.807, 2.05) is 6.92 Å². The Morgan fingerprint density at radius 2 is 1.92 bits per heavy atom. The summed E-state index contributed by atoms with van der Waals surface area (Å²) in [6, 6.07) is 7.91. The molecule has 1 aromatic carbocycles. The quantitative estimate of drug-likeness (QED) is 0.525. The largest absolute Gasteiger partial charge is 0.466 e. The monoisotopic (exact) mass is 326 g/mol. The predicted octanol–water partition coefficient (Wildman–Crippen LogP) is 3.12. The molecule has 7 heteroatoms. The van der Waals surface area contributed by atoms with Gasteiger partial charge in [-0.2, -0.15) is 0 Å². The summed E-state index contributed by atoms with van der Waals surface area (Å²) in [5.41, 5.74) is 1.53. The maximum absolute atomic E-state index is 11.9. The number of ether oxygens (including phenoxy) is 1. The van der Waals surface area contributed by atoms with Crippen molar-refractivity contribution in [2.45, 2.75) is 20.5 Å². The third-order valence-electron chi connectivity index (χ3n) is 3.35. The fourth-order valence-electron chi connectivity index (χ4n) is 2.17. The van der Waals surface area contributed by atoms with Crippen LogP contribution in [0.4, 0.5) is 0 Å². The van der Waals surface area contributed by atoms with Gasteiger partial charge in [-0.1, -0.05) is 12.1 Å². The number of aldehydes is 1. The molecule has 0 radical (unpaired) electrons. The predicted molar refractivity (Wildman–Crippen MR) is 82.4 cm³/mol. The molecule has 0 fully saturated rings. The highest BCUT2D eigenvalue weighted by molar-refractivity contribution is 5.90. The number of nitrogens with zero attached hydrogens (tertiary/aromatic N) is 2. The van der Waals surface area contributed by atoms with Crippen molar-refractivity contribution in [2.75, 3.05) is 0 Å². The number of furan rings is 1. The van der Waals surface area contributed by atoms with Crippen LogP contribution < -0.4 is 0 Å². The summed E-state index contributed by atoms with van der Waals surface area (Å²) in [6.45, 7) is 3.48. The summed E-state index contributed by atoms with van der Waals surface area (Å²) in [6.07, 6.45) is 0.703. The van der Waals surface area contributed by atoms with Crippen molar-refractivity contribution in [3.05, 3.63) is 58.9 Å². The summed E-state index contributed by atoms with van der Waals surface area (Å²) in [5, 5.41) is 7.78. The van der Waals surface area contributed by atoms with Gasteiger partial charge in [-0.05, 0) is 32.0 Å². The molecular formula is C17H14N2O5. The molecule has 0 aliphatic carbocycles. The van der Waals surface area contributed by atoms with Crippen LogP contribution in [0.15, 0.2) is 39.2 Å². The van der Waals surface area contributed by atoms with Gasteiger partial charge in [0.2, 0.25) is 0 Å². The minimum Gasteiger partial charge on any atom is -0.466 e. The van der Waals surface area contributed by atoms with Crippen molar-refractivity contribution >= 4 is 12.3 Å². The molecule has 24 heavy (non-hydrogen) atoms. The third kappa shape index (κ3) is 3.24. The zero-order valence-corrected chi connectivity index (χ0v) is 13.1. The van der Waals surface area contributed by atoms with Crippen molar-refractivity contribution in [2.24, 2.45) is 0 Å². The van der Waals surface area contributed by atoms with E-state index in [9.17, 15) is 9.59 Å². The van der Waals surface area contributed by atoms with E-state index in [-0.39, 0.29) is 12.5 Å². The molecule has 122 valence electrons. The van der Waals surface area contributed by atoms with Crippen molar-refractivity contribution in [3.63, 3.8) is 0 Å². The van der Waals surface area contributed by atoms with Gasteiger partial charge < -0.3 is 13.6 Å². The molecule has 0 atom stereocenters. The van der Waals surface area contributed by atoms with Crippen LogP contribution >= 0.6 is 0 Å². The van der Waals surface area contributed by atoms with Gasteiger partial charge in [0.15, 0.2) is 6.61 Å². The Morgan fingerprint density at radius 1 is 1.17 bits per heavy atom. The SMILES string of the molecule is Cc1cc(-c2nnc(COC(=O)c3ccc(C=O)cc3)o2)c(C)o1. The van der Waals surface area contributed by atoms with Crippen LogP contribution in [0.25, 0.3) is 11.5 Å². The molecule has 0 aliphatic rings. The van der Waals surface area contributed by atoms with Gasteiger partial charge in [0, 0.05) is 5.56 Å². The molecule has 0 aliphatic heterocycles. The van der Waals surface area contributed by atoms with E-state index >= 15 is 0 Å². The van der Waals surface area contributed by atoms with E-state index in [2.05, 4.69) is 10.2 Å². The minimum atomic E-state index is -0.539. The Balaban J connectivity index is 1.65. The molecule has 0 unspecified atom stereocenters. The van der Waals surface area contributed by atoms with Gasteiger partial charge >= 0.3 is 5.97 Å². The summed E-state index contributed by atoms with van der Waals surface area (Å²) < 4.78 is 16.0. The Bertz CT molecular complexity index is 877. The smallest absolute Gasteiger partial charge is 0.338 e. The molecule has 2 heterocycles. The van der Waals surface area contributed by atoms with Crippen LogP contribution in [0.5, 0.6) is 0 Å². The van der Waals surface area contributed by atoms with E-state index < -0.39 is 5.97 Å². The zero-order chi connectivity index (χ0) is 17.1. The van der Waals surface area contributed by atoms with E-state index in [1.165, 1.54) is 12.1 Å². The summed E-state index contributed by atoms with van der Waals surface area (Å²) in [4.78, 5) is 22.5. The number of benzene rings is 1. The standard InChI is InChI=1S/C17H14N2O5/c1-10-7-14(11(2)23-10)16-19-18-15(24-16)9-22-17(21)13-5-3-12(8-20)4-6-13/h3-8H,9H2,1-2H3. The molecular weight excluding hydrogens is 312 g/mol. The van der Waals surface area contributed by atoms with Crippen LogP contribution in [0.1, 0.15) is 38.1 Å². The van der Waals surface area contributed by atoms with E-state index in [4.69, 9.17) is 13.6 Å². The fourth-order valence-corrected chi connectivity index (χ4v) is 2.17.